The molecule has 3 N–H and O–H groups in total. The van der Waals surface area contributed by atoms with Crippen LogP contribution in [0.1, 0.15) is 46.4 Å². The number of anilines is 2. The first-order chi connectivity index (χ1) is 30.8. The van der Waals surface area contributed by atoms with Crippen LogP contribution >= 0.6 is 0 Å². The highest BCUT2D eigenvalue weighted by Crippen LogP contribution is 2.52. The van der Waals surface area contributed by atoms with Crippen molar-refractivity contribution in [1.29, 1.82) is 0 Å². The highest BCUT2D eigenvalue weighted by Gasteiger charge is 2.43. The van der Waals surface area contributed by atoms with Gasteiger partial charge in [0.05, 0.1) is 22.9 Å². The summed E-state index contributed by atoms with van der Waals surface area (Å²) in [5.41, 5.74) is 9.43. The van der Waals surface area contributed by atoms with E-state index in [0.29, 0.717) is 57.2 Å². The summed E-state index contributed by atoms with van der Waals surface area (Å²) in [7, 11) is 26.6. The molecule has 0 fully saturated rings. The SMILES string of the molecule is [B]C(=C)/C(=C(O)\C([B])=C(/C)c1c([B])c([B])c(C)c(O)c1C)N(c1ccc(C2C=CC3=C4c5c(oc6cccc(c56)OOC42)CC3O)cc1)c1ccccc1-c1cccc2ccccc12. The van der Waals surface area contributed by atoms with E-state index in [0.717, 1.165) is 49.6 Å². The standard InChI is InChI=1S/C53H39B4NO6/c1-26(43-27(2)51(60)28(3)47(55)49(43)57)48(56)52(61)50(29(4)54)58(38-16-8-7-14-36(38)35-15-9-12-30-11-5-6-13-33(30)35)32-21-19-31(20-22-32)34-23-24-37-39(59)25-42-46-44(37)53(34)64-63-41-18-10-17-40(62-42)45(41)46/h5-24,34,39,53,59-61H,4,25H2,1-3H3/b48-26-,52-50-. The second-order valence-corrected chi connectivity index (χ2v) is 16.6. The number of aliphatic hydroxyl groups is 2. The third-order valence-electron chi connectivity index (χ3n) is 13.0. The number of hydrogen-bond donors (Lipinski definition) is 3. The topological polar surface area (TPSA) is 95.5 Å². The van der Waals surface area contributed by atoms with Gasteiger partial charge in [0.2, 0.25) is 0 Å². The lowest BCUT2D eigenvalue weighted by molar-refractivity contribution is -0.229. The Kier molecular flexibility index (Phi) is 10.2. The minimum Gasteiger partial charge on any atom is -0.507 e. The van der Waals surface area contributed by atoms with Gasteiger partial charge < -0.3 is 29.5 Å². The summed E-state index contributed by atoms with van der Waals surface area (Å²) >= 11 is 0. The van der Waals surface area contributed by atoms with Crippen LogP contribution in [0.5, 0.6) is 11.5 Å². The van der Waals surface area contributed by atoms with E-state index in [2.05, 4.69) is 30.8 Å². The average Bonchev–Trinajstić information content (AvgIpc) is 3.59. The number of phenolic OH excluding ortho intramolecular Hbond substituents is 1. The molecule has 6 aromatic carbocycles. The van der Waals surface area contributed by atoms with Crippen LogP contribution in [-0.2, 0) is 11.3 Å². The van der Waals surface area contributed by atoms with Crippen LogP contribution in [0.3, 0.4) is 0 Å². The molecule has 0 saturated heterocycles. The summed E-state index contributed by atoms with van der Waals surface area (Å²) in [5, 5.41) is 37.7. The van der Waals surface area contributed by atoms with Crippen molar-refractivity contribution < 1.29 is 29.5 Å². The summed E-state index contributed by atoms with van der Waals surface area (Å²) in [6, 6.07) is 35.7. The molecule has 8 radical (unpaired) electrons. The van der Waals surface area contributed by atoms with Crippen molar-refractivity contribution in [3.8, 4) is 22.6 Å². The predicted molar refractivity (Wildman–Crippen MR) is 259 cm³/mol. The van der Waals surface area contributed by atoms with Crippen molar-refractivity contribution in [3.63, 3.8) is 0 Å². The van der Waals surface area contributed by atoms with Crippen molar-refractivity contribution in [2.24, 2.45) is 0 Å². The van der Waals surface area contributed by atoms with E-state index >= 15 is 0 Å². The van der Waals surface area contributed by atoms with Gasteiger partial charge in [-0.1, -0.05) is 113 Å². The molecule has 0 bridgehead atoms. The molecule has 7 nitrogen and oxygen atoms in total. The van der Waals surface area contributed by atoms with E-state index in [-0.39, 0.29) is 45.0 Å². The van der Waals surface area contributed by atoms with Gasteiger partial charge in [0.25, 0.3) is 0 Å². The molecule has 0 amide bonds. The Balaban J connectivity index is 1.14. The monoisotopic (exact) mass is 829 g/mol. The molecule has 0 spiro atoms. The number of nitrogens with zero attached hydrogens (tertiary/aromatic N) is 1. The van der Waals surface area contributed by atoms with E-state index in [1.807, 2.05) is 102 Å². The van der Waals surface area contributed by atoms with Gasteiger partial charge in [-0.15, -0.1) is 6.58 Å². The van der Waals surface area contributed by atoms with Crippen LogP contribution in [0.25, 0.3) is 44.0 Å². The lowest BCUT2D eigenvalue weighted by atomic mass is 9.70. The molecular formula is C53H39B4NO6. The number of phenols is 1. The lowest BCUT2D eigenvalue weighted by Crippen LogP contribution is -2.32. The zero-order valence-electron chi connectivity index (χ0n) is 35.5. The third-order valence-corrected chi connectivity index (χ3v) is 13.0. The number of furan rings is 1. The summed E-state index contributed by atoms with van der Waals surface area (Å²) in [5.74, 6) is 0.538. The molecule has 3 unspecified atom stereocenters. The molecule has 7 aromatic rings. The minimum absolute atomic E-state index is 0.0182. The maximum absolute atomic E-state index is 12.5. The lowest BCUT2D eigenvalue weighted by Gasteiger charge is -2.34. The summed E-state index contributed by atoms with van der Waals surface area (Å²) in [6.07, 6.45) is 2.97. The summed E-state index contributed by atoms with van der Waals surface area (Å²) in [4.78, 5) is 14.2. The quantitative estimate of drug-likeness (QED) is 0.0609. The van der Waals surface area contributed by atoms with E-state index in [1.165, 1.54) is 0 Å². The second kappa shape index (κ2) is 15.8. The number of allylic oxidation sites excluding steroid dienone is 3. The van der Waals surface area contributed by atoms with Crippen LogP contribution < -0.4 is 20.7 Å². The highest BCUT2D eigenvalue weighted by atomic mass is 17.2. The number of aliphatic hydroxyl groups excluding tert-OH is 2. The Hall–Kier alpha value is -6.80. The largest absolute Gasteiger partial charge is 0.507 e. The van der Waals surface area contributed by atoms with Gasteiger partial charge in [0.1, 0.15) is 60.3 Å². The van der Waals surface area contributed by atoms with Gasteiger partial charge in [0.15, 0.2) is 5.75 Å². The van der Waals surface area contributed by atoms with Gasteiger partial charge >= 0.3 is 0 Å². The minimum atomic E-state index is -0.771. The van der Waals surface area contributed by atoms with Gasteiger partial charge in [-0.2, -0.15) is 4.89 Å². The molecule has 0 saturated carbocycles. The molecular weight excluding hydrogens is 790 g/mol. The fourth-order valence-electron chi connectivity index (χ4n) is 9.75. The molecule has 304 valence electrons. The number of para-hydroxylation sites is 1. The molecule has 11 heteroatoms. The normalized spacial score (nSPS) is 18.3. The molecule has 2 aliphatic carbocycles. The van der Waals surface area contributed by atoms with E-state index < -0.39 is 12.2 Å². The summed E-state index contributed by atoms with van der Waals surface area (Å²) < 4.78 is 6.27. The van der Waals surface area contributed by atoms with E-state index in [1.54, 1.807) is 20.8 Å². The van der Waals surface area contributed by atoms with Crippen molar-refractivity contribution in [3.05, 3.63) is 189 Å². The molecule has 1 aromatic heterocycles. The van der Waals surface area contributed by atoms with Gasteiger partial charge in [-0.25, -0.2) is 0 Å². The Morgan fingerprint density at radius 3 is 2.31 bits per heavy atom. The number of benzene rings is 6. The first-order valence-electron chi connectivity index (χ1n) is 21.0. The van der Waals surface area contributed by atoms with E-state index in [9.17, 15) is 15.3 Å². The van der Waals surface area contributed by atoms with Crippen molar-refractivity contribution in [2.75, 3.05) is 4.90 Å². The Labute approximate surface area is 376 Å². The maximum Gasteiger partial charge on any atom is 0.177 e. The Morgan fingerprint density at radius 2 is 1.53 bits per heavy atom. The fraction of sp³-hybridized carbons (Fsp3) is 0.132. The molecule has 2 heterocycles. The Morgan fingerprint density at radius 1 is 0.828 bits per heavy atom. The third kappa shape index (κ3) is 6.40. The number of fused-ring (bicyclic) bond motifs is 1. The van der Waals surface area contributed by atoms with Crippen molar-refractivity contribution in [2.45, 2.75) is 45.3 Å². The molecule has 1 aliphatic heterocycles. The van der Waals surface area contributed by atoms with Crippen LogP contribution in [0.15, 0.2) is 160 Å². The first kappa shape index (κ1) is 41.2. The zero-order valence-corrected chi connectivity index (χ0v) is 35.5. The Bertz CT molecular complexity index is 3220. The smallest absolute Gasteiger partial charge is 0.177 e. The molecule has 64 heavy (non-hydrogen) atoms. The first-order valence-corrected chi connectivity index (χ1v) is 21.0. The van der Waals surface area contributed by atoms with Gasteiger partial charge in [-0.05, 0) is 101 Å². The maximum atomic E-state index is 12.5. The van der Waals surface area contributed by atoms with Crippen molar-refractivity contribution in [1.82, 2.24) is 0 Å². The number of hydrogen-bond acceptors (Lipinski definition) is 7. The van der Waals surface area contributed by atoms with Crippen LogP contribution in [0.4, 0.5) is 11.4 Å². The van der Waals surface area contributed by atoms with Gasteiger partial charge in [-0.3, -0.25) is 0 Å². The second-order valence-electron chi connectivity index (χ2n) is 16.6. The van der Waals surface area contributed by atoms with Crippen LogP contribution in [0.2, 0.25) is 0 Å². The molecule has 3 aliphatic rings. The number of aromatic hydroxyl groups is 1. The van der Waals surface area contributed by atoms with Gasteiger partial charge in [0, 0.05) is 34.7 Å². The molecule has 3 atom stereocenters. The van der Waals surface area contributed by atoms with Crippen LogP contribution in [-0.4, -0.2) is 58.9 Å². The molecule has 10 rings (SSSR count). The zero-order chi connectivity index (χ0) is 44.7. The van der Waals surface area contributed by atoms with Crippen LogP contribution in [0, 0.1) is 13.8 Å². The van der Waals surface area contributed by atoms with Crippen molar-refractivity contribution >= 4 is 86.6 Å². The van der Waals surface area contributed by atoms with E-state index in [4.69, 9.17) is 45.6 Å². The average molecular weight is 829 g/mol. The highest BCUT2D eigenvalue weighted by molar-refractivity contribution is 6.51. The summed E-state index contributed by atoms with van der Waals surface area (Å²) in [6.45, 7) is 9.28. The number of rotatable bonds is 8. The predicted octanol–water partition coefficient (Wildman–Crippen LogP) is 9.07. The fourth-order valence-corrected chi connectivity index (χ4v) is 9.75.